The summed E-state index contributed by atoms with van der Waals surface area (Å²) in [4.78, 5) is 12.3. The summed E-state index contributed by atoms with van der Waals surface area (Å²) in [5.74, 6) is -0.247. The summed E-state index contributed by atoms with van der Waals surface area (Å²) in [5, 5.41) is 0.732. The molecule has 3 nitrogen and oxygen atoms in total. The van der Waals surface area contributed by atoms with Crippen LogP contribution in [-0.4, -0.2) is 31.0 Å². The lowest BCUT2D eigenvalue weighted by atomic mass is 10.1. The average Bonchev–Trinajstić information content (AvgIpc) is 2.48. The van der Waals surface area contributed by atoms with Gasteiger partial charge >= 0.3 is 5.97 Å². The van der Waals surface area contributed by atoms with Crippen LogP contribution in [0.4, 0.5) is 0 Å². The van der Waals surface area contributed by atoms with Crippen molar-refractivity contribution in [1.29, 1.82) is 0 Å². The molecule has 0 fully saturated rings. The van der Waals surface area contributed by atoms with Gasteiger partial charge in [0.2, 0.25) is 0 Å². The molecule has 0 aliphatic rings. The molecule has 0 aliphatic heterocycles. The first-order valence-corrected chi connectivity index (χ1v) is 7.55. The van der Waals surface area contributed by atoms with Crippen LogP contribution in [0.1, 0.15) is 0 Å². The number of rotatable bonds is 5. The Kier molecular flexibility index (Phi) is 5.67. The SMILES string of the molecule is COC(=O)CN(C)Sc1ccc(-c2ccc(Cl)cc2)cc1. The molecule has 0 radical (unpaired) electrons. The third-order valence-electron chi connectivity index (χ3n) is 2.87. The predicted molar refractivity (Wildman–Crippen MR) is 87.4 cm³/mol. The summed E-state index contributed by atoms with van der Waals surface area (Å²) in [6, 6.07) is 15.9. The summed E-state index contributed by atoms with van der Waals surface area (Å²) in [7, 11) is 3.25. The van der Waals surface area contributed by atoms with Crippen LogP contribution in [0.25, 0.3) is 11.1 Å². The monoisotopic (exact) mass is 321 g/mol. The highest BCUT2D eigenvalue weighted by molar-refractivity contribution is 7.97. The van der Waals surface area contributed by atoms with Crippen LogP contribution in [0, 0.1) is 0 Å². The van der Waals surface area contributed by atoms with Crippen molar-refractivity contribution in [2.45, 2.75) is 4.90 Å². The Morgan fingerprint density at radius 3 is 2.14 bits per heavy atom. The normalized spacial score (nSPS) is 10.7. The van der Waals surface area contributed by atoms with E-state index in [1.807, 2.05) is 47.8 Å². The maximum absolute atomic E-state index is 11.2. The molecule has 0 spiro atoms. The fourth-order valence-corrected chi connectivity index (χ4v) is 2.72. The van der Waals surface area contributed by atoms with Crippen molar-refractivity contribution in [3.8, 4) is 11.1 Å². The number of hydrogen-bond donors (Lipinski definition) is 0. The number of carbonyl (C=O) groups excluding carboxylic acids is 1. The second kappa shape index (κ2) is 7.50. The van der Waals surface area contributed by atoms with Crippen molar-refractivity contribution >= 4 is 29.5 Å². The van der Waals surface area contributed by atoms with Gasteiger partial charge in [0.05, 0.1) is 7.11 Å². The fourth-order valence-electron chi connectivity index (χ4n) is 1.81. The summed E-state index contributed by atoms with van der Waals surface area (Å²) in [5.41, 5.74) is 2.26. The van der Waals surface area contributed by atoms with Crippen LogP contribution in [0.3, 0.4) is 0 Å². The van der Waals surface area contributed by atoms with Gasteiger partial charge in [0, 0.05) is 9.92 Å². The van der Waals surface area contributed by atoms with Gasteiger partial charge in [-0.15, -0.1) is 0 Å². The van der Waals surface area contributed by atoms with Gasteiger partial charge in [-0.05, 0) is 54.4 Å². The fraction of sp³-hybridized carbons (Fsp3) is 0.188. The first-order chi connectivity index (χ1) is 10.1. The van der Waals surface area contributed by atoms with Crippen LogP contribution in [0.2, 0.25) is 5.02 Å². The molecule has 2 aromatic rings. The van der Waals surface area contributed by atoms with E-state index in [-0.39, 0.29) is 12.5 Å². The van der Waals surface area contributed by atoms with Crippen LogP contribution in [0.5, 0.6) is 0 Å². The second-order valence-corrected chi connectivity index (χ2v) is 6.20. The standard InChI is InChI=1S/C16H16ClNO2S/c1-18(11-16(19)20-2)21-15-9-5-13(6-10-15)12-3-7-14(17)8-4-12/h3-10H,11H2,1-2H3. The predicted octanol–water partition coefficient (Wildman–Crippen LogP) is 4.12. The van der Waals surface area contributed by atoms with Crippen molar-refractivity contribution in [2.75, 3.05) is 20.7 Å². The molecule has 0 saturated heterocycles. The minimum Gasteiger partial charge on any atom is -0.468 e. The number of nitrogens with zero attached hydrogens (tertiary/aromatic N) is 1. The Labute approximate surface area is 134 Å². The summed E-state index contributed by atoms with van der Waals surface area (Å²) >= 11 is 7.39. The zero-order chi connectivity index (χ0) is 15.2. The third kappa shape index (κ3) is 4.77. The van der Waals surface area contributed by atoms with Crippen LogP contribution < -0.4 is 0 Å². The third-order valence-corrected chi connectivity index (χ3v) is 4.05. The molecular formula is C16H16ClNO2S. The van der Waals surface area contributed by atoms with Crippen molar-refractivity contribution in [3.05, 3.63) is 53.6 Å². The zero-order valence-corrected chi connectivity index (χ0v) is 13.4. The minimum atomic E-state index is -0.247. The molecule has 5 heteroatoms. The minimum absolute atomic E-state index is 0.247. The van der Waals surface area contributed by atoms with E-state index >= 15 is 0 Å². The van der Waals surface area contributed by atoms with Gasteiger partial charge in [-0.3, -0.25) is 4.79 Å². The summed E-state index contributed by atoms with van der Waals surface area (Å²) in [6.45, 7) is 0.250. The molecular weight excluding hydrogens is 306 g/mol. The molecule has 0 saturated carbocycles. The highest BCUT2D eigenvalue weighted by atomic mass is 35.5. The van der Waals surface area contributed by atoms with E-state index in [0.29, 0.717) is 0 Å². The molecule has 2 rings (SSSR count). The van der Waals surface area contributed by atoms with Crippen LogP contribution in [-0.2, 0) is 9.53 Å². The molecule has 0 heterocycles. The Balaban J connectivity index is 2.02. The van der Waals surface area contributed by atoms with Gasteiger partial charge in [-0.25, -0.2) is 4.31 Å². The summed E-state index contributed by atoms with van der Waals surface area (Å²) < 4.78 is 6.48. The maximum atomic E-state index is 11.2. The summed E-state index contributed by atoms with van der Waals surface area (Å²) in [6.07, 6.45) is 0. The van der Waals surface area contributed by atoms with E-state index in [2.05, 4.69) is 16.9 Å². The Bertz CT molecular complexity index is 599. The number of methoxy groups -OCH3 is 1. The van der Waals surface area contributed by atoms with Gasteiger partial charge in [-0.2, -0.15) is 0 Å². The number of hydrogen-bond acceptors (Lipinski definition) is 4. The highest BCUT2D eigenvalue weighted by Crippen LogP contribution is 2.26. The molecule has 110 valence electrons. The molecule has 2 aromatic carbocycles. The molecule has 0 aliphatic carbocycles. The van der Waals surface area contributed by atoms with E-state index in [0.717, 1.165) is 21.0 Å². The van der Waals surface area contributed by atoms with E-state index in [9.17, 15) is 4.79 Å². The lowest BCUT2D eigenvalue weighted by molar-refractivity contribution is -0.140. The van der Waals surface area contributed by atoms with Crippen molar-refractivity contribution < 1.29 is 9.53 Å². The van der Waals surface area contributed by atoms with E-state index < -0.39 is 0 Å². The Morgan fingerprint density at radius 1 is 1.10 bits per heavy atom. The van der Waals surface area contributed by atoms with Gasteiger partial charge in [-0.1, -0.05) is 35.9 Å². The number of ether oxygens (including phenoxy) is 1. The lowest BCUT2D eigenvalue weighted by Gasteiger charge is -2.14. The quantitative estimate of drug-likeness (QED) is 0.612. The number of likely N-dealkylation sites (N-methyl/N-ethyl adjacent to an activating group) is 1. The van der Waals surface area contributed by atoms with Gasteiger partial charge in [0.25, 0.3) is 0 Å². The van der Waals surface area contributed by atoms with Crippen molar-refractivity contribution in [1.82, 2.24) is 4.31 Å². The largest absolute Gasteiger partial charge is 0.468 e. The maximum Gasteiger partial charge on any atom is 0.320 e. The Morgan fingerprint density at radius 2 is 1.62 bits per heavy atom. The molecule has 21 heavy (non-hydrogen) atoms. The zero-order valence-electron chi connectivity index (χ0n) is 11.9. The molecule has 0 aromatic heterocycles. The molecule has 0 atom stereocenters. The van der Waals surface area contributed by atoms with E-state index in [4.69, 9.17) is 11.6 Å². The topological polar surface area (TPSA) is 29.5 Å². The lowest BCUT2D eigenvalue weighted by Crippen LogP contribution is -2.20. The molecule has 0 unspecified atom stereocenters. The number of halogens is 1. The van der Waals surface area contributed by atoms with Gasteiger partial charge in [0.1, 0.15) is 6.54 Å². The van der Waals surface area contributed by atoms with Crippen LogP contribution >= 0.6 is 23.5 Å². The highest BCUT2D eigenvalue weighted by Gasteiger charge is 2.08. The van der Waals surface area contributed by atoms with Crippen molar-refractivity contribution in [3.63, 3.8) is 0 Å². The first-order valence-electron chi connectivity index (χ1n) is 6.40. The molecule has 0 N–H and O–H groups in total. The Hall–Kier alpha value is -1.49. The molecule has 0 bridgehead atoms. The van der Waals surface area contributed by atoms with Gasteiger partial charge in [0.15, 0.2) is 0 Å². The average molecular weight is 322 g/mol. The molecule has 0 amide bonds. The number of benzene rings is 2. The van der Waals surface area contributed by atoms with Gasteiger partial charge < -0.3 is 4.74 Å². The second-order valence-electron chi connectivity index (χ2n) is 4.48. The smallest absolute Gasteiger partial charge is 0.320 e. The van der Waals surface area contributed by atoms with E-state index in [1.54, 1.807) is 0 Å². The van der Waals surface area contributed by atoms with Crippen LogP contribution in [0.15, 0.2) is 53.4 Å². The first kappa shape index (κ1) is 15.9. The van der Waals surface area contributed by atoms with E-state index in [1.165, 1.54) is 19.1 Å². The van der Waals surface area contributed by atoms with Crippen molar-refractivity contribution in [2.24, 2.45) is 0 Å². The number of carbonyl (C=O) groups is 1. The number of esters is 1.